The highest BCUT2D eigenvalue weighted by Crippen LogP contribution is 2.69. The molecular weight excluding hydrogens is 298 g/mol. The van der Waals surface area contributed by atoms with E-state index < -0.39 is 26.7 Å². The average molecular weight is 320 g/mol. The number of nitrogens with zero attached hydrogens (tertiary/aromatic N) is 1. The highest BCUT2D eigenvalue weighted by atomic mass is 31.2. The molecule has 0 bridgehead atoms. The molecule has 11 heteroatoms. The van der Waals surface area contributed by atoms with Crippen molar-refractivity contribution in [3.05, 3.63) is 0 Å². The Hall–Kier alpha value is 0.180. The maximum absolute atomic E-state index is 11.1. The fourth-order valence-electron chi connectivity index (χ4n) is 1.46. The van der Waals surface area contributed by atoms with E-state index in [-0.39, 0.29) is 6.42 Å². The zero-order valence-corrected chi connectivity index (χ0v) is 12.7. The Bertz CT molecular complexity index is 344. The molecule has 0 aliphatic heterocycles. The van der Waals surface area contributed by atoms with Crippen LogP contribution in [0.2, 0.25) is 0 Å². The number of hydrogen-bond donors (Lipinski definition) is 6. The number of aliphatic hydroxyl groups is 1. The molecule has 116 valence electrons. The highest BCUT2D eigenvalue weighted by Gasteiger charge is 2.58. The first-order valence-electron chi connectivity index (χ1n) is 5.62. The van der Waals surface area contributed by atoms with E-state index >= 15 is 0 Å². The number of likely N-dealkylation sites (N-methyl/N-ethyl adjacent to an activating group) is 2. The third-order valence-corrected chi connectivity index (χ3v) is 6.61. The first-order chi connectivity index (χ1) is 8.45. The molecule has 0 unspecified atom stereocenters. The van der Waals surface area contributed by atoms with Crippen LogP contribution in [0.15, 0.2) is 0 Å². The average Bonchev–Trinajstić information content (AvgIpc) is 2.22. The van der Waals surface area contributed by atoms with Crippen molar-refractivity contribution in [3.63, 3.8) is 0 Å². The molecule has 0 aromatic heterocycles. The van der Waals surface area contributed by atoms with E-state index in [9.17, 15) is 14.2 Å². The van der Waals surface area contributed by atoms with Gasteiger partial charge in [-0.1, -0.05) is 0 Å². The Balaban J connectivity index is 4.56. The lowest BCUT2D eigenvalue weighted by Crippen LogP contribution is -2.32. The van der Waals surface area contributed by atoms with E-state index in [4.69, 9.17) is 19.6 Å². The van der Waals surface area contributed by atoms with Crippen LogP contribution >= 0.6 is 15.2 Å². The minimum Gasteiger partial charge on any atom is -0.368 e. The van der Waals surface area contributed by atoms with Crippen molar-refractivity contribution in [1.29, 1.82) is 0 Å². The minimum atomic E-state index is -5.33. The highest BCUT2D eigenvalue weighted by molar-refractivity contribution is 7.72. The molecule has 0 aromatic carbocycles. The predicted octanol–water partition coefficient (Wildman–Crippen LogP) is -1.08. The Labute approximate surface area is 112 Å². The first kappa shape index (κ1) is 19.2. The molecule has 6 N–H and O–H groups in total. The molecule has 0 spiro atoms. The van der Waals surface area contributed by atoms with Gasteiger partial charge in [-0.15, -0.1) is 0 Å². The van der Waals surface area contributed by atoms with E-state index in [2.05, 4.69) is 5.32 Å². The van der Waals surface area contributed by atoms with Gasteiger partial charge >= 0.3 is 15.2 Å². The van der Waals surface area contributed by atoms with Crippen LogP contribution in [0.4, 0.5) is 0 Å². The summed E-state index contributed by atoms with van der Waals surface area (Å²) in [6.07, 6.45) is -0.627. The lowest BCUT2D eigenvalue weighted by atomic mass is 10.3. The summed E-state index contributed by atoms with van der Waals surface area (Å²) < 4.78 is 22.2. The van der Waals surface area contributed by atoms with Gasteiger partial charge in [-0.05, 0) is 27.1 Å². The van der Waals surface area contributed by atoms with E-state index in [0.717, 1.165) is 0 Å². The molecule has 0 rings (SSSR count). The summed E-state index contributed by atoms with van der Waals surface area (Å²) in [4.78, 5) is 37.5. The normalized spacial score (nSPS) is 14.1. The largest absolute Gasteiger partial charge is 0.369 e. The van der Waals surface area contributed by atoms with Crippen molar-refractivity contribution in [2.24, 2.45) is 0 Å². The SMILES string of the molecule is CNCCN(C)CCCC(O)(P(=O)(O)O)P(=O)(O)O. The first-order valence-corrected chi connectivity index (χ1v) is 8.85. The van der Waals surface area contributed by atoms with Crippen LogP contribution in [0.5, 0.6) is 0 Å². The molecule has 19 heavy (non-hydrogen) atoms. The minimum absolute atomic E-state index is 0.0485. The van der Waals surface area contributed by atoms with Gasteiger partial charge in [0.2, 0.25) is 0 Å². The predicted molar refractivity (Wildman–Crippen MR) is 69.7 cm³/mol. The second-order valence-corrected chi connectivity index (χ2v) is 8.38. The number of rotatable bonds is 9. The zero-order valence-electron chi connectivity index (χ0n) is 10.9. The smallest absolute Gasteiger partial charge is 0.368 e. The van der Waals surface area contributed by atoms with Crippen molar-refractivity contribution < 1.29 is 33.8 Å². The van der Waals surface area contributed by atoms with Gasteiger partial charge in [-0.3, -0.25) is 9.13 Å². The Kier molecular flexibility index (Phi) is 7.33. The van der Waals surface area contributed by atoms with Crippen molar-refractivity contribution in [1.82, 2.24) is 10.2 Å². The molecule has 0 radical (unpaired) electrons. The van der Waals surface area contributed by atoms with Crippen LogP contribution in [0.3, 0.4) is 0 Å². The van der Waals surface area contributed by atoms with Crippen LogP contribution in [-0.4, -0.2) is 68.4 Å². The van der Waals surface area contributed by atoms with Crippen LogP contribution in [0.25, 0.3) is 0 Å². The number of nitrogens with one attached hydrogen (secondary N) is 1. The van der Waals surface area contributed by atoms with Gasteiger partial charge in [0.1, 0.15) is 0 Å². The second kappa shape index (κ2) is 7.26. The van der Waals surface area contributed by atoms with Crippen molar-refractivity contribution >= 4 is 15.2 Å². The summed E-state index contributed by atoms with van der Waals surface area (Å²) in [5.74, 6) is 0. The maximum atomic E-state index is 11.1. The van der Waals surface area contributed by atoms with Gasteiger partial charge in [0, 0.05) is 19.5 Å². The molecule has 0 saturated carbocycles. The Morgan fingerprint density at radius 1 is 1.11 bits per heavy atom. The molecule has 9 nitrogen and oxygen atoms in total. The molecule has 0 aliphatic rings. The van der Waals surface area contributed by atoms with Gasteiger partial charge in [-0.2, -0.15) is 0 Å². The third kappa shape index (κ3) is 5.59. The fraction of sp³-hybridized carbons (Fsp3) is 1.00. The lowest BCUT2D eigenvalue weighted by Gasteiger charge is -2.29. The molecular formula is C8H22N2O7P2. The molecule has 0 amide bonds. The van der Waals surface area contributed by atoms with Gasteiger partial charge in [0.05, 0.1) is 0 Å². The Morgan fingerprint density at radius 2 is 1.58 bits per heavy atom. The van der Waals surface area contributed by atoms with E-state index in [1.54, 1.807) is 14.1 Å². The standard InChI is InChI=1S/C8H22N2O7P2/c1-9-5-7-10(2)6-3-4-8(11,18(12,13)14)19(15,16)17/h9,11H,3-7H2,1-2H3,(H2,12,13,14)(H2,15,16,17). The zero-order chi connectivity index (χ0) is 15.3. The summed E-state index contributed by atoms with van der Waals surface area (Å²) in [6, 6.07) is 0. The quantitative estimate of drug-likeness (QED) is 0.291. The number of hydrogen-bond acceptors (Lipinski definition) is 5. The molecule has 0 saturated heterocycles. The Morgan fingerprint density at radius 3 is 1.95 bits per heavy atom. The summed E-state index contributed by atoms with van der Waals surface area (Å²) in [7, 11) is -7.13. The molecule has 0 heterocycles. The summed E-state index contributed by atoms with van der Waals surface area (Å²) in [5, 5.41) is 9.23. The van der Waals surface area contributed by atoms with Crippen LogP contribution in [0, 0.1) is 0 Å². The second-order valence-electron chi connectivity index (χ2n) is 4.37. The van der Waals surface area contributed by atoms with Crippen LogP contribution in [-0.2, 0) is 9.13 Å². The summed E-state index contributed by atoms with van der Waals surface area (Å²) in [5.41, 5.74) is 0. The summed E-state index contributed by atoms with van der Waals surface area (Å²) >= 11 is 0. The van der Waals surface area contributed by atoms with E-state index in [1.165, 1.54) is 0 Å². The molecule has 0 aromatic rings. The monoisotopic (exact) mass is 320 g/mol. The van der Waals surface area contributed by atoms with Crippen molar-refractivity contribution in [3.8, 4) is 0 Å². The van der Waals surface area contributed by atoms with Crippen LogP contribution in [0.1, 0.15) is 12.8 Å². The van der Waals surface area contributed by atoms with Crippen molar-refractivity contribution in [2.75, 3.05) is 33.7 Å². The maximum Gasteiger partial charge on any atom is 0.369 e. The van der Waals surface area contributed by atoms with Gasteiger partial charge in [0.15, 0.2) is 0 Å². The van der Waals surface area contributed by atoms with Gasteiger partial charge in [-0.25, -0.2) is 0 Å². The molecule has 0 atom stereocenters. The molecule has 0 fully saturated rings. The van der Waals surface area contributed by atoms with Crippen LogP contribution < -0.4 is 5.32 Å². The topological polar surface area (TPSA) is 151 Å². The third-order valence-electron chi connectivity index (χ3n) is 2.73. The van der Waals surface area contributed by atoms with Gasteiger partial charge in [0.25, 0.3) is 5.08 Å². The summed E-state index contributed by atoms with van der Waals surface area (Å²) in [6.45, 7) is 1.72. The van der Waals surface area contributed by atoms with E-state index in [0.29, 0.717) is 19.6 Å². The fourth-order valence-corrected chi connectivity index (χ4v) is 3.72. The van der Waals surface area contributed by atoms with E-state index in [1.807, 2.05) is 4.90 Å². The van der Waals surface area contributed by atoms with Gasteiger partial charge < -0.3 is 34.9 Å². The molecule has 0 aliphatic carbocycles. The lowest BCUT2D eigenvalue weighted by molar-refractivity contribution is 0.118. The van der Waals surface area contributed by atoms with Crippen molar-refractivity contribution in [2.45, 2.75) is 17.9 Å².